The summed E-state index contributed by atoms with van der Waals surface area (Å²) in [6.45, 7) is 1.95. The van der Waals surface area contributed by atoms with Crippen LogP contribution in [0.1, 0.15) is 6.42 Å². The molecule has 1 aliphatic heterocycles. The van der Waals surface area contributed by atoms with Crippen LogP contribution in [0, 0.1) is 0 Å². The Bertz CT molecular complexity index is 50.6. The Kier molecular flexibility index (Phi) is 1.10. The molecule has 0 fully saturated rings. The molecule has 0 saturated carbocycles. The fourth-order valence-corrected chi connectivity index (χ4v) is 0.426. The van der Waals surface area contributed by atoms with Crippen molar-refractivity contribution in [3.8, 4) is 0 Å². The average molecular weight is 83.1 g/mol. The Morgan fingerprint density at radius 2 is 2.33 bits per heavy atom. The topological polar surface area (TPSA) is 26.5 Å². The first-order valence-corrected chi connectivity index (χ1v) is 2.15. The third kappa shape index (κ3) is 0.708. The normalized spacial score (nSPS) is 20.0. The molecule has 0 spiro atoms. The number of nitrogens with zero attached hydrogens (tertiary/aromatic N) is 2. The van der Waals surface area contributed by atoms with Gasteiger partial charge in [-0.05, 0) is 6.42 Å². The lowest BCUT2D eigenvalue weighted by atomic mass is 10.4. The molecule has 2 nitrogen and oxygen atoms in total. The highest BCUT2D eigenvalue weighted by Crippen LogP contribution is 1.81. The van der Waals surface area contributed by atoms with E-state index < -0.39 is 0 Å². The van der Waals surface area contributed by atoms with Crippen molar-refractivity contribution < 1.29 is 0 Å². The Morgan fingerprint density at radius 1 is 1.33 bits per heavy atom. The van der Waals surface area contributed by atoms with E-state index in [4.69, 9.17) is 0 Å². The van der Waals surface area contributed by atoms with Crippen molar-refractivity contribution in [2.24, 2.45) is 4.99 Å². The Morgan fingerprint density at radius 3 is 2.50 bits per heavy atom. The quantitative estimate of drug-likeness (QED) is 0.395. The van der Waals surface area contributed by atoms with Crippen LogP contribution in [0.15, 0.2) is 4.99 Å². The van der Waals surface area contributed by atoms with Crippen molar-refractivity contribution in [3.05, 3.63) is 0 Å². The predicted molar refractivity (Wildman–Crippen MR) is 25.0 cm³/mol. The molecular formula is C4H7N2. The van der Waals surface area contributed by atoms with Crippen molar-refractivity contribution >= 4 is 6.34 Å². The number of hydrogen-bond donors (Lipinski definition) is 0. The SMILES string of the molecule is C1=NCCC[N]1. The minimum atomic E-state index is 0.976. The monoisotopic (exact) mass is 83.1 g/mol. The first kappa shape index (κ1) is 3.65. The maximum Gasteiger partial charge on any atom is 0.104 e. The van der Waals surface area contributed by atoms with Gasteiger partial charge in [0.15, 0.2) is 0 Å². The summed E-state index contributed by atoms with van der Waals surface area (Å²) in [4.78, 5) is 3.89. The van der Waals surface area contributed by atoms with Gasteiger partial charge in [-0.2, -0.15) is 0 Å². The van der Waals surface area contributed by atoms with Crippen LogP contribution in [0.25, 0.3) is 0 Å². The average Bonchev–Trinajstić information content (AvgIpc) is 1.72. The van der Waals surface area contributed by atoms with Crippen molar-refractivity contribution in [2.75, 3.05) is 13.1 Å². The van der Waals surface area contributed by atoms with Gasteiger partial charge in [0.1, 0.15) is 6.34 Å². The summed E-state index contributed by atoms with van der Waals surface area (Å²) in [5, 5.41) is 3.89. The summed E-state index contributed by atoms with van der Waals surface area (Å²) in [7, 11) is 0. The molecule has 0 unspecified atom stereocenters. The van der Waals surface area contributed by atoms with Crippen molar-refractivity contribution in [1.29, 1.82) is 0 Å². The summed E-state index contributed by atoms with van der Waals surface area (Å²) in [5.41, 5.74) is 0. The number of hydrogen-bond acceptors (Lipinski definition) is 1. The van der Waals surface area contributed by atoms with E-state index in [1.54, 1.807) is 6.34 Å². The van der Waals surface area contributed by atoms with Gasteiger partial charge in [-0.15, -0.1) is 0 Å². The second-order valence-corrected chi connectivity index (χ2v) is 1.28. The minimum Gasteiger partial charge on any atom is -0.274 e. The van der Waals surface area contributed by atoms with Gasteiger partial charge in [0, 0.05) is 13.1 Å². The third-order valence-electron chi connectivity index (χ3n) is 0.738. The molecule has 33 valence electrons. The van der Waals surface area contributed by atoms with E-state index in [2.05, 4.69) is 10.3 Å². The van der Waals surface area contributed by atoms with Crippen molar-refractivity contribution in [1.82, 2.24) is 5.32 Å². The van der Waals surface area contributed by atoms with E-state index in [1.165, 1.54) is 0 Å². The van der Waals surface area contributed by atoms with Crippen LogP contribution < -0.4 is 5.32 Å². The standard InChI is InChI=1S/C4H7N2/c1-2-5-4-6-3-1/h4H,1-3H2. The molecule has 0 aromatic heterocycles. The fourth-order valence-electron chi connectivity index (χ4n) is 0.426. The van der Waals surface area contributed by atoms with Gasteiger partial charge in [-0.3, -0.25) is 10.3 Å². The smallest absolute Gasteiger partial charge is 0.104 e. The van der Waals surface area contributed by atoms with Crippen molar-refractivity contribution in [3.63, 3.8) is 0 Å². The van der Waals surface area contributed by atoms with Crippen LogP contribution in [-0.2, 0) is 0 Å². The number of rotatable bonds is 0. The largest absolute Gasteiger partial charge is 0.274 e. The van der Waals surface area contributed by atoms with Gasteiger partial charge < -0.3 is 0 Å². The number of aliphatic imine (C=N–C) groups is 1. The third-order valence-corrected chi connectivity index (χ3v) is 0.738. The lowest BCUT2D eigenvalue weighted by molar-refractivity contribution is 0.747. The maximum atomic E-state index is 3.89. The summed E-state index contributed by atoms with van der Waals surface area (Å²) < 4.78 is 0. The van der Waals surface area contributed by atoms with Crippen molar-refractivity contribution in [2.45, 2.75) is 6.42 Å². The summed E-state index contributed by atoms with van der Waals surface area (Å²) >= 11 is 0. The van der Waals surface area contributed by atoms with E-state index in [-0.39, 0.29) is 0 Å². The molecule has 0 bridgehead atoms. The van der Waals surface area contributed by atoms with Gasteiger partial charge in [0.05, 0.1) is 0 Å². The van der Waals surface area contributed by atoms with E-state index in [0.29, 0.717) is 0 Å². The van der Waals surface area contributed by atoms with Crippen LogP contribution in [-0.4, -0.2) is 19.4 Å². The molecule has 1 radical (unpaired) electrons. The molecule has 0 aromatic rings. The lowest BCUT2D eigenvalue weighted by Crippen LogP contribution is -2.10. The molecule has 2 heteroatoms. The Hall–Kier alpha value is -0.530. The first-order valence-electron chi connectivity index (χ1n) is 2.15. The molecule has 1 heterocycles. The molecule has 6 heavy (non-hydrogen) atoms. The summed E-state index contributed by atoms with van der Waals surface area (Å²) in [6, 6.07) is 0. The van der Waals surface area contributed by atoms with Crippen LogP contribution >= 0.6 is 0 Å². The fraction of sp³-hybridized carbons (Fsp3) is 0.750. The van der Waals surface area contributed by atoms with Crippen LogP contribution in [0.3, 0.4) is 0 Å². The molecule has 0 N–H and O–H groups in total. The van der Waals surface area contributed by atoms with Gasteiger partial charge in [0.25, 0.3) is 0 Å². The first-order chi connectivity index (χ1) is 3.00. The zero-order valence-electron chi connectivity index (χ0n) is 3.59. The lowest BCUT2D eigenvalue weighted by Gasteiger charge is -1.98. The molecule has 0 saturated heterocycles. The zero-order valence-corrected chi connectivity index (χ0v) is 3.59. The van der Waals surface area contributed by atoms with E-state index in [1.807, 2.05) is 0 Å². The molecule has 1 aliphatic rings. The molecule has 1 rings (SSSR count). The molecule has 0 atom stereocenters. The van der Waals surface area contributed by atoms with Gasteiger partial charge >= 0.3 is 0 Å². The zero-order chi connectivity index (χ0) is 4.24. The van der Waals surface area contributed by atoms with Crippen LogP contribution in [0.2, 0.25) is 0 Å². The van der Waals surface area contributed by atoms with Crippen LogP contribution in [0.5, 0.6) is 0 Å². The Balaban J connectivity index is 2.26. The molecule has 0 aliphatic carbocycles. The Labute approximate surface area is 37.3 Å². The highest BCUT2D eigenvalue weighted by atomic mass is 15.0. The maximum absolute atomic E-state index is 3.89. The molecule has 0 amide bonds. The summed E-state index contributed by atoms with van der Waals surface area (Å²) in [6.07, 6.45) is 2.78. The second kappa shape index (κ2) is 1.80. The van der Waals surface area contributed by atoms with E-state index in [9.17, 15) is 0 Å². The highest BCUT2D eigenvalue weighted by Gasteiger charge is 1.87. The van der Waals surface area contributed by atoms with Gasteiger partial charge in [0.2, 0.25) is 0 Å². The second-order valence-electron chi connectivity index (χ2n) is 1.28. The predicted octanol–water partition coefficient (Wildman–Crippen LogP) is 0.0228. The minimum absolute atomic E-state index is 0.976. The van der Waals surface area contributed by atoms with E-state index in [0.717, 1.165) is 19.5 Å². The molecule has 0 aromatic carbocycles. The van der Waals surface area contributed by atoms with Gasteiger partial charge in [-0.25, -0.2) is 0 Å². The van der Waals surface area contributed by atoms with Gasteiger partial charge in [-0.1, -0.05) is 0 Å². The molecular weight excluding hydrogens is 76.1 g/mol. The van der Waals surface area contributed by atoms with Crippen LogP contribution in [0.4, 0.5) is 0 Å². The highest BCUT2D eigenvalue weighted by molar-refractivity contribution is 5.54. The van der Waals surface area contributed by atoms with E-state index >= 15 is 0 Å². The summed E-state index contributed by atoms with van der Waals surface area (Å²) in [5.74, 6) is 0.